The quantitative estimate of drug-likeness (QED) is 0.822. The van der Waals surface area contributed by atoms with Gasteiger partial charge in [-0.15, -0.1) is 0 Å². The maximum Gasteiger partial charge on any atom is 0.233 e. The Morgan fingerprint density at radius 3 is 2.62 bits per heavy atom. The summed E-state index contributed by atoms with van der Waals surface area (Å²) in [5, 5.41) is 10.9. The molecule has 0 saturated heterocycles. The third kappa shape index (κ3) is 5.18. The van der Waals surface area contributed by atoms with E-state index >= 15 is 0 Å². The van der Waals surface area contributed by atoms with E-state index in [1.54, 1.807) is 12.1 Å². The van der Waals surface area contributed by atoms with E-state index in [1.165, 1.54) is 12.3 Å². The average molecular weight is 307 g/mol. The molecule has 0 amide bonds. The van der Waals surface area contributed by atoms with Crippen molar-refractivity contribution in [3.8, 4) is 0 Å². The van der Waals surface area contributed by atoms with Crippen LogP contribution in [0.4, 0.5) is 0 Å². The standard InChI is InChI=1S/C15H17NO4S/c17-14(15-7-4-11-20-15)8-10-16-21(18,19)12-9-13-5-2-1-3-6-13/h1-7,9,11-12,14,16-17H,8,10H2/b12-9+/t14-/m1/s1. The number of rotatable bonds is 7. The molecule has 1 aromatic heterocycles. The molecule has 5 nitrogen and oxygen atoms in total. The van der Waals surface area contributed by atoms with E-state index in [1.807, 2.05) is 30.3 Å². The Hall–Kier alpha value is -1.89. The highest BCUT2D eigenvalue weighted by atomic mass is 32.2. The fourth-order valence-corrected chi connectivity index (χ4v) is 2.58. The molecule has 0 unspecified atom stereocenters. The van der Waals surface area contributed by atoms with Gasteiger partial charge in [-0.2, -0.15) is 0 Å². The zero-order chi connectivity index (χ0) is 15.1. The van der Waals surface area contributed by atoms with Crippen LogP contribution >= 0.6 is 0 Å². The van der Waals surface area contributed by atoms with Crippen LogP contribution < -0.4 is 4.72 Å². The summed E-state index contributed by atoms with van der Waals surface area (Å²) in [4.78, 5) is 0. The van der Waals surface area contributed by atoms with Gasteiger partial charge in [0.2, 0.25) is 10.0 Å². The molecule has 2 rings (SSSR count). The van der Waals surface area contributed by atoms with Gasteiger partial charge in [0.1, 0.15) is 11.9 Å². The summed E-state index contributed by atoms with van der Waals surface area (Å²) in [5.74, 6) is 0.425. The Morgan fingerprint density at radius 2 is 1.95 bits per heavy atom. The average Bonchev–Trinajstić information content (AvgIpc) is 3.00. The first-order chi connectivity index (χ1) is 10.1. The van der Waals surface area contributed by atoms with E-state index in [4.69, 9.17) is 4.42 Å². The minimum atomic E-state index is -3.52. The minimum Gasteiger partial charge on any atom is -0.467 e. The van der Waals surface area contributed by atoms with E-state index in [-0.39, 0.29) is 13.0 Å². The first kappa shape index (κ1) is 15.5. The van der Waals surface area contributed by atoms with Crippen LogP contribution in [0.5, 0.6) is 0 Å². The van der Waals surface area contributed by atoms with Crippen molar-refractivity contribution >= 4 is 16.1 Å². The molecule has 1 aromatic carbocycles. The van der Waals surface area contributed by atoms with Crippen molar-refractivity contribution in [2.24, 2.45) is 0 Å². The number of aliphatic hydroxyl groups is 1. The monoisotopic (exact) mass is 307 g/mol. The highest BCUT2D eigenvalue weighted by Crippen LogP contribution is 2.16. The van der Waals surface area contributed by atoms with Gasteiger partial charge in [-0.05, 0) is 30.2 Å². The molecule has 1 heterocycles. The molecular weight excluding hydrogens is 290 g/mol. The van der Waals surface area contributed by atoms with Gasteiger partial charge < -0.3 is 9.52 Å². The molecule has 112 valence electrons. The molecule has 0 spiro atoms. The normalized spacial score (nSPS) is 13.6. The second-order valence-electron chi connectivity index (χ2n) is 4.47. The lowest BCUT2D eigenvalue weighted by atomic mass is 10.2. The molecular formula is C15H17NO4S. The second-order valence-corrected chi connectivity index (χ2v) is 6.12. The third-order valence-corrected chi connectivity index (χ3v) is 3.93. The molecule has 2 N–H and O–H groups in total. The van der Waals surface area contributed by atoms with Crippen LogP contribution in [0.25, 0.3) is 6.08 Å². The van der Waals surface area contributed by atoms with Gasteiger partial charge in [0.15, 0.2) is 0 Å². The first-order valence-corrected chi connectivity index (χ1v) is 8.06. The van der Waals surface area contributed by atoms with Gasteiger partial charge in [-0.1, -0.05) is 30.3 Å². The van der Waals surface area contributed by atoms with E-state index in [0.29, 0.717) is 5.76 Å². The largest absolute Gasteiger partial charge is 0.467 e. The Balaban J connectivity index is 1.83. The second kappa shape index (κ2) is 7.21. The lowest BCUT2D eigenvalue weighted by Gasteiger charge is -2.07. The van der Waals surface area contributed by atoms with Gasteiger partial charge in [-0.3, -0.25) is 0 Å². The molecule has 0 aliphatic carbocycles. The molecule has 1 atom stereocenters. The van der Waals surface area contributed by atoms with Crippen LogP contribution in [-0.2, 0) is 10.0 Å². The van der Waals surface area contributed by atoms with Gasteiger partial charge in [0.25, 0.3) is 0 Å². The zero-order valence-corrected chi connectivity index (χ0v) is 12.2. The number of furan rings is 1. The highest BCUT2D eigenvalue weighted by Gasteiger charge is 2.11. The van der Waals surface area contributed by atoms with Gasteiger partial charge in [-0.25, -0.2) is 13.1 Å². The Morgan fingerprint density at radius 1 is 1.19 bits per heavy atom. The minimum absolute atomic E-state index is 0.128. The molecule has 0 fully saturated rings. The summed E-state index contributed by atoms with van der Waals surface area (Å²) in [6.07, 6.45) is 2.41. The number of aliphatic hydroxyl groups excluding tert-OH is 1. The third-order valence-electron chi connectivity index (χ3n) is 2.83. The maximum absolute atomic E-state index is 11.8. The number of hydrogen-bond donors (Lipinski definition) is 2. The van der Waals surface area contributed by atoms with Crippen molar-refractivity contribution in [3.63, 3.8) is 0 Å². The smallest absolute Gasteiger partial charge is 0.233 e. The van der Waals surface area contributed by atoms with Gasteiger partial charge in [0.05, 0.1) is 6.26 Å². The molecule has 0 aliphatic rings. The van der Waals surface area contributed by atoms with Crippen molar-refractivity contribution in [2.45, 2.75) is 12.5 Å². The highest BCUT2D eigenvalue weighted by molar-refractivity contribution is 7.92. The van der Waals surface area contributed by atoms with Crippen LogP contribution in [0.15, 0.2) is 58.6 Å². The van der Waals surface area contributed by atoms with Crippen molar-refractivity contribution < 1.29 is 17.9 Å². The predicted molar refractivity (Wildman–Crippen MR) is 80.7 cm³/mol. The number of benzene rings is 1. The predicted octanol–water partition coefficient (Wildman–Crippen LogP) is 2.29. The number of nitrogens with one attached hydrogen (secondary N) is 1. The summed E-state index contributed by atoms with van der Waals surface area (Å²) < 4.78 is 31.0. The molecule has 6 heteroatoms. The number of hydrogen-bond acceptors (Lipinski definition) is 4. The molecule has 0 saturated carbocycles. The van der Waals surface area contributed by atoms with Gasteiger partial charge >= 0.3 is 0 Å². The molecule has 21 heavy (non-hydrogen) atoms. The van der Waals surface area contributed by atoms with Crippen LogP contribution in [-0.4, -0.2) is 20.1 Å². The zero-order valence-electron chi connectivity index (χ0n) is 11.3. The van der Waals surface area contributed by atoms with Gasteiger partial charge in [0, 0.05) is 12.0 Å². The van der Waals surface area contributed by atoms with E-state index in [2.05, 4.69) is 4.72 Å². The maximum atomic E-state index is 11.8. The van der Waals surface area contributed by atoms with Crippen LogP contribution in [0, 0.1) is 0 Å². The Labute approximate surface area is 124 Å². The summed E-state index contributed by atoms with van der Waals surface area (Å²) in [6, 6.07) is 12.5. The first-order valence-electron chi connectivity index (χ1n) is 6.51. The molecule has 0 aliphatic heterocycles. The van der Waals surface area contributed by atoms with Crippen molar-refractivity contribution in [2.75, 3.05) is 6.54 Å². The van der Waals surface area contributed by atoms with Crippen LogP contribution in [0.2, 0.25) is 0 Å². The molecule has 2 aromatic rings. The fraction of sp³-hybridized carbons (Fsp3) is 0.200. The van der Waals surface area contributed by atoms with E-state index in [0.717, 1.165) is 11.0 Å². The fourth-order valence-electron chi connectivity index (χ4n) is 1.74. The topological polar surface area (TPSA) is 79.5 Å². The van der Waals surface area contributed by atoms with Crippen LogP contribution in [0.3, 0.4) is 0 Å². The lowest BCUT2D eigenvalue weighted by molar-refractivity contribution is 0.142. The SMILES string of the molecule is O=S(=O)(/C=C/c1ccccc1)NCC[C@@H](O)c1ccco1. The Bertz CT molecular complexity index is 663. The number of sulfonamides is 1. The van der Waals surface area contributed by atoms with Crippen molar-refractivity contribution in [1.29, 1.82) is 0 Å². The van der Waals surface area contributed by atoms with E-state index in [9.17, 15) is 13.5 Å². The Kier molecular flexibility index (Phi) is 5.32. The van der Waals surface area contributed by atoms with E-state index < -0.39 is 16.1 Å². The molecule has 0 radical (unpaired) electrons. The summed E-state index contributed by atoms with van der Waals surface area (Å²) >= 11 is 0. The summed E-state index contributed by atoms with van der Waals surface area (Å²) in [7, 11) is -3.52. The van der Waals surface area contributed by atoms with Crippen LogP contribution in [0.1, 0.15) is 23.8 Å². The lowest BCUT2D eigenvalue weighted by Crippen LogP contribution is -2.23. The summed E-state index contributed by atoms with van der Waals surface area (Å²) in [6.45, 7) is 0.128. The van der Waals surface area contributed by atoms with Crippen molar-refractivity contribution in [3.05, 3.63) is 65.5 Å². The van der Waals surface area contributed by atoms with Crippen molar-refractivity contribution in [1.82, 2.24) is 4.72 Å². The molecule has 0 bridgehead atoms. The summed E-state index contributed by atoms with van der Waals surface area (Å²) in [5.41, 5.74) is 0.804.